The number of aromatic nitrogens is 1. The summed E-state index contributed by atoms with van der Waals surface area (Å²) >= 11 is 5.99. The monoisotopic (exact) mass is 432 g/mol. The lowest BCUT2D eigenvalue weighted by Gasteiger charge is -2.10. The molecular weight excluding hydrogens is 412 g/mol. The largest absolute Gasteiger partial charge is 0.326 e. The van der Waals surface area contributed by atoms with Gasteiger partial charge in [0.05, 0.1) is 0 Å². The van der Waals surface area contributed by atoms with Crippen LogP contribution in [0.1, 0.15) is 23.9 Å². The molecule has 0 aliphatic carbocycles. The lowest BCUT2D eigenvalue weighted by Crippen LogP contribution is -2.13. The molecule has 3 rings (SSSR count). The zero-order valence-electron chi connectivity index (χ0n) is 17.4. The zero-order chi connectivity index (χ0) is 22.5. The highest BCUT2D eigenvalue weighted by molar-refractivity contribution is 6.30. The van der Waals surface area contributed by atoms with Gasteiger partial charge in [-0.2, -0.15) is 5.26 Å². The maximum Gasteiger partial charge on any atom is 0.266 e. The van der Waals surface area contributed by atoms with E-state index in [9.17, 15) is 14.9 Å². The normalized spacial score (nSPS) is 11.0. The van der Waals surface area contributed by atoms with Crippen LogP contribution < -0.4 is 10.6 Å². The molecule has 3 aromatic rings. The number of amides is 2. The molecule has 0 spiro atoms. The number of benzene rings is 2. The van der Waals surface area contributed by atoms with Crippen molar-refractivity contribution in [2.75, 3.05) is 10.6 Å². The van der Waals surface area contributed by atoms with Gasteiger partial charge >= 0.3 is 0 Å². The smallest absolute Gasteiger partial charge is 0.266 e. The van der Waals surface area contributed by atoms with Gasteiger partial charge in [-0.3, -0.25) is 9.59 Å². The fourth-order valence-corrected chi connectivity index (χ4v) is 3.39. The number of hydrogen-bond acceptors (Lipinski definition) is 3. The SMILES string of the molecule is CC(=O)Nc1ccc(NC(=O)/C(C#N)=C\c2cc(C)n(-c3ccc(Cl)cc3)c2C)cc1. The fraction of sp³-hybridized carbons (Fsp3) is 0.125. The fourth-order valence-electron chi connectivity index (χ4n) is 3.26. The van der Waals surface area contributed by atoms with Gasteiger partial charge in [0.1, 0.15) is 11.6 Å². The molecular formula is C24H21ClN4O2. The van der Waals surface area contributed by atoms with Crippen LogP contribution in [0.3, 0.4) is 0 Å². The molecule has 0 atom stereocenters. The predicted octanol–water partition coefficient (Wildman–Crippen LogP) is 5.25. The van der Waals surface area contributed by atoms with E-state index in [1.807, 2.05) is 54.8 Å². The molecule has 2 N–H and O–H groups in total. The second-order valence-electron chi connectivity index (χ2n) is 7.02. The van der Waals surface area contributed by atoms with Crippen molar-refractivity contribution in [3.8, 4) is 11.8 Å². The lowest BCUT2D eigenvalue weighted by molar-refractivity contribution is -0.114. The molecule has 2 aromatic carbocycles. The Kier molecular flexibility index (Phi) is 6.58. The first-order chi connectivity index (χ1) is 14.8. The second-order valence-corrected chi connectivity index (χ2v) is 7.46. The highest BCUT2D eigenvalue weighted by Crippen LogP contribution is 2.24. The van der Waals surface area contributed by atoms with Crippen molar-refractivity contribution in [2.24, 2.45) is 0 Å². The molecule has 1 aromatic heterocycles. The Morgan fingerprint density at radius 1 is 1.00 bits per heavy atom. The number of carbonyl (C=O) groups excluding carboxylic acids is 2. The third kappa shape index (κ3) is 5.21. The minimum Gasteiger partial charge on any atom is -0.326 e. The van der Waals surface area contributed by atoms with E-state index in [0.29, 0.717) is 16.4 Å². The number of halogens is 1. The van der Waals surface area contributed by atoms with E-state index in [0.717, 1.165) is 22.6 Å². The van der Waals surface area contributed by atoms with Crippen molar-refractivity contribution in [2.45, 2.75) is 20.8 Å². The summed E-state index contributed by atoms with van der Waals surface area (Å²) in [5, 5.41) is 15.6. The van der Waals surface area contributed by atoms with E-state index in [-0.39, 0.29) is 11.5 Å². The highest BCUT2D eigenvalue weighted by Gasteiger charge is 2.14. The number of nitriles is 1. The van der Waals surface area contributed by atoms with Gasteiger partial charge in [-0.15, -0.1) is 0 Å². The Morgan fingerprint density at radius 3 is 2.13 bits per heavy atom. The van der Waals surface area contributed by atoms with Crippen LogP contribution in [-0.4, -0.2) is 16.4 Å². The average Bonchev–Trinajstić information content (AvgIpc) is 3.01. The van der Waals surface area contributed by atoms with Gasteiger partial charge in [0.25, 0.3) is 5.91 Å². The minimum atomic E-state index is -0.508. The lowest BCUT2D eigenvalue weighted by atomic mass is 10.1. The first-order valence-corrected chi connectivity index (χ1v) is 9.92. The first-order valence-electron chi connectivity index (χ1n) is 9.54. The molecule has 2 amide bonds. The highest BCUT2D eigenvalue weighted by atomic mass is 35.5. The van der Waals surface area contributed by atoms with Crippen molar-refractivity contribution in [1.29, 1.82) is 5.26 Å². The minimum absolute atomic E-state index is 0.0118. The second kappa shape index (κ2) is 9.33. The molecule has 156 valence electrons. The molecule has 0 fully saturated rings. The summed E-state index contributed by atoms with van der Waals surface area (Å²) in [7, 11) is 0. The number of rotatable bonds is 5. The molecule has 0 saturated heterocycles. The van der Waals surface area contributed by atoms with Crippen LogP contribution in [0.25, 0.3) is 11.8 Å². The Labute approximate surface area is 185 Å². The Balaban J connectivity index is 1.84. The zero-order valence-corrected chi connectivity index (χ0v) is 18.1. The van der Waals surface area contributed by atoms with Crippen LogP contribution in [0.15, 0.2) is 60.2 Å². The molecule has 0 bridgehead atoms. The summed E-state index contributed by atoms with van der Waals surface area (Å²) in [6.45, 7) is 5.31. The number of nitrogens with one attached hydrogen (secondary N) is 2. The Morgan fingerprint density at radius 2 is 1.58 bits per heavy atom. The molecule has 0 aliphatic heterocycles. The maximum absolute atomic E-state index is 12.6. The molecule has 0 unspecified atom stereocenters. The number of anilines is 2. The van der Waals surface area contributed by atoms with Crippen LogP contribution in [0.2, 0.25) is 5.02 Å². The average molecular weight is 433 g/mol. The van der Waals surface area contributed by atoms with E-state index in [2.05, 4.69) is 10.6 Å². The van der Waals surface area contributed by atoms with Gasteiger partial charge in [-0.05, 0) is 80.1 Å². The molecule has 6 nitrogen and oxygen atoms in total. The third-order valence-electron chi connectivity index (χ3n) is 4.68. The van der Waals surface area contributed by atoms with Crippen LogP contribution >= 0.6 is 11.6 Å². The van der Waals surface area contributed by atoms with E-state index in [1.54, 1.807) is 30.3 Å². The van der Waals surface area contributed by atoms with Crippen LogP contribution in [0, 0.1) is 25.2 Å². The summed E-state index contributed by atoms with van der Waals surface area (Å²) in [5.41, 5.74) is 4.73. The standard InChI is InChI=1S/C24H21ClN4O2/c1-15-12-18(16(2)29(15)23-10-4-20(25)5-11-23)13-19(14-26)24(31)28-22-8-6-21(7-9-22)27-17(3)30/h4-13H,1-3H3,(H,27,30)(H,28,31)/b19-13-. The van der Waals surface area contributed by atoms with Gasteiger partial charge in [-0.1, -0.05) is 11.6 Å². The maximum atomic E-state index is 12.6. The molecule has 1 heterocycles. The van der Waals surface area contributed by atoms with Crippen LogP contribution in [-0.2, 0) is 9.59 Å². The van der Waals surface area contributed by atoms with Gasteiger partial charge in [-0.25, -0.2) is 0 Å². The van der Waals surface area contributed by atoms with Crippen molar-refractivity contribution in [1.82, 2.24) is 4.57 Å². The first kappa shape index (κ1) is 21.9. The molecule has 7 heteroatoms. The van der Waals surface area contributed by atoms with Gasteiger partial charge in [0.15, 0.2) is 0 Å². The Hall–Kier alpha value is -3.82. The molecule has 31 heavy (non-hydrogen) atoms. The molecule has 0 aliphatic rings. The van der Waals surface area contributed by atoms with E-state index < -0.39 is 5.91 Å². The number of aryl methyl sites for hydroxylation is 1. The summed E-state index contributed by atoms with van der Waals surface area (Å²) in [6, 6.07) is 18.0. The van der Waals surface area contributed by atoms with E-state index in [1.165, 1.54) is 6.92 Å². The van der Waals surface area contributed by atoms with Crippen molar-refractivity contribution < 1.29 is 9.59 Å². The van der Waals surface area contributed by atoms with Crippen LogP contribution in [0.5, 0.6) is 0 Å². The van der Waals surface area contributed by atoms with E-state index in [4.69, 9.17) is 11.6 Å². The summed E-state index contributed by atoms with van der Waals surface area (Å²) in [6.07, 6.45) is 1.58. The Bertz CT molecular complexity index is 1200. The van der Waals surface area contributed by atoms with Gasteiger partial charge in [0.2, 0.25) is 5.91 Å². The summed E-state index contributed by atoms with van der Waals surface area (Å²) < 4.78 is 2.04. The number of hydrogen-bond donors (Lipinski definition) is 2. The summed E-state index contributed by atoms with van der Waals surface area (Å²) in [5.74, 6) is -0.686. The topological polar surface area (TPSA) is 86.9 Å². The van der Waals surface area contributed by atoms with Crippen molar-refractivity contribution in [3.63, 3.8) is 0 Å². The van der Waals surface area contributed by atoms with Crippen molar-refractivity contribution in [3.05, 3.63) is 82.1 Å². The van der Waals surface area contributed by atoms with Gasteiger partial charge < -0.3 is 15.2 Å². The number of nitrogens with zero attached hydrogens (tertiary/aromatic N) is 2. The molecule has 0 radical (unpaired) electrons. The summed E-state index contributed by atoms with van der Waals surface area (Å²) in [4.78, 5) is 23.7. The van der Waals surface area contributed by atoms with Crippen molar-refractivity contribution >= 4 is 40.9 Å². The number of carbonyl (C=O) groups is 2. The van der Waals surface area contributed by atoms with Gasteiger partial charge in [0, 0.05) is 40.4 Å². The third-order valence-corrected chi connectivity index (χ3v) is 4.94. The quantitative estimate of drug-likeness (QED) is 0.426. The van der Waals surface area contributed by atoms with E-state index >= 15 is 0 Å². The molecule has 0 saturated carbocycles. The predicted molar refractivity (Wildman–Crippen MR) is 123 cm³/mol. The van der Waals surface area contributed by atoms with Crippen LogP contribution in [0.4, 0.5) is 11.4 Å².